The summed E-state index contributed by atoms with van der Waals surface area (Å²) < 4.78 is 11.9. The predicted octanol–water partition coefficient (Wildman–Crippen LogP) is 0.467. The first-order chi connectivity index (χ1) is 14.8. The van der Waals surface area contributed by atoms with Crippen molar-refractivity contribution in [1.82, 2.24) is 15.0 Å². The summed E-state index contributed by atoms with van der Waals surface area (Å²) >= 11 is 0. The lowest BCUT2D eigenvalue weighted by Crippen LogP contribution is -2.50. The summed E-state index contributed by atoms with van der Waals surface area (Å²) in [6, 6.07) is 9.10. The molecule has 5 rings (SSSR count). The summed E-state index contributed by atoms with van der Waals surface area (Å²) in [5, 5.41) is 22.8. The quantitative estimate of drug-likeness (QED) is 0.465. The Labute approximate surface area is 178 Å². The molecule has 0 unspecified atom stereocenters. The number of nitrogens with two attached hydrogens (primary N) is 2. The zero-order chi connectivity index (χ0) is 21.8. The number of aliphatic hydroxyl groups excluding tert-OH is 1. The van der Waals surface area contributed by atoms with E-state index in [1.54, 1.807) is 19.1 Å². The van der Waals surface area contributed by atoms with E-state index >= 15 is 0 Å². The average Bonchev–Trinajstić information content (AvgIpc) is 3.26. The molecule has 1 fully saturated rings. The van der Waals surface area contributed by atoms with E-state index in [9.17, 15) is 10.2 Å². The highest BCUT2D eigenvalue weighted by Crippen LogP contribution is 2.38. The number of nitrogen functional groups attached to an aromatic ring is 2. The van der Waals surface area contributed by atoms with Crippen LogP contribution in [0.25, 0.3) is 10.9 Å². The molecule has 6 N–H and O–H groups in total. The van der Waals surface area contributed by atoms with Crippen LogP contribution in [0.4, 0.5) is 17.5 Å². The lowest BCUT2D eigenvalue weighted by Gasteiger charge is -2.29. The van der Waals surface area contributed by atoms with Gasteiger partial charge in [0.05, 0.1) is 5.52 Å². The molecule has 0 bridgehead atoms. The first-order valence-corrected chi connectivity index (χ1v) is 10.1. The van der Waals surface area contributed by atoms with Gasteiger partial charge in [0.15, 0.2) is 6.23 Å². The van der Waals surface area contributed by atoms with Crippen molar-refractivity contribution in [2.45, 2.75) is 37.4 Å². The normalized spacial score (nSPS) is 27.6. The van der Waals surface area contributed by atoms with Gasteiger partial charge in [-0.2, -0.15) is 0 Å². The molecule has 2 aromatic heterocycles. The molecule has 0 spiro atoms. The van der Waals surface area contributed by atoms with E-state index < -0.39 is 24.0 Å². The second kappa shape index (κ2) is 7.19. The minimum absolute atomic E-state index is 0.0427. The van der Waals surface area contributed by atoms with Gasteiger partial charge < -0.3 is 36.1 Å². The number of nitrogens with zero attached hydrogens (tertiary/aromatic N) is 4. The van der Waals surface area contributed by atoms with Crippen LogP contribution in [-0.2, 0) is 11.2 Å². The molecule has 162 valence electrons. The van der Waals surface area contributed by atoms with Gasteiger partial charge in [0.1, 0.15) is 53.9 Å². The Kier molecular flexibility index (Phi) is 4.58. The summed E-state index contributed by atoms with van der Waals surface area (Å²) in [6.07, 6.45) is -0.684. The van der Waals surface area contributed by atoms with Gasteiger partial charge in [-0.3, -0.25) is 0 Å². The maximum atomic E-state index is 11.0. The molecule has 31 heavy (non-hydrogen) atoms. The zero-order valence-electron chi connectivity index (χ0n) is 17.0. The van der Waals surface area contributed by atoms with Crippen LogP contribution in [0.3, 0.4) is 0 Å². The smallest absolute Gasteiger partial charge is 0.161 e. The maximum Gasteiger partial charge on any atom is 0.161 e. The van der Waals surface area contributed by atoms with Gasteiger partial charge in [0, 0.05) is 23.6 Å². The highest BCUT2D eigenvalue weighted by molar-refractivity contribution is 5.81. The Balaban J connectivity index is 1.33. The highest BCUT2D eigenvalue weighted by Gasteiger charge is 2.55. The van der Waals surface area contributed by atoms with Crippen molar-refractivity contribution in [3.63, 3.8) is 0 Å². The molecule has 10 nitrogen and oxygen atoms in total. The number of pyridine rings is 1. The molecule has 4 atom stereocenters. The van der Waals surface area contributed by atoms with E-state index in [4.69, 9.17) is 20.9 Å². The third-order valence-electron chi connectivity index (χ3n) is 6.05. The van der Waals surface area contributed by atoms with Crippen LogP contribution >= 0.6 is 0 Å². The number of aliphatic hydroxyl groups is 2. The first kappa shape index (κ1) is 19.7. The lowest BCUT2D eigenvalue weighted by molar-refractivity contribution is -0.0758. The van der Waals surface area contributed by atoms with Crippen molar-refractivity contribution < 1.29 is 19.7 Å². The van der Waals surface area contributed by atoms with Gasteiger partial charge in [0.25, 0.3) is 0 Å². The Bertz CT molecular complexity index is 1140. The number of aromatic nitrogens is 3. The van der Waals surface area contributed by atoms with Crippen LogP contribution in [-0.4, -0.2) is 62.4 Å². The van der Waals surface area contributed by atoms with Crippen LogP contribution < -0.4 is 21.1 Å². The van der Waals surface area contributed by atoms with Crippen molar-refractivity contribution in [2.75, 3.05) is 29.5 Å². The number of benzene rings is 1. The van der Waals surface area contributed by atoms with Crippen molar-refractivity contribution in [3.8, 4) is 5.75 Å². The molecular weight excluding hydrogens is 400 g/mol. The lowest BCUT2D eigenvalue weighted by atomic mass is 9.94. The standard InChI is InChI=1S/C21H24N6O4/c1-21(29)15(9-30-12-4-2-11-3-5-16(22)26-14(11)8-12)31-20(17(21)28)27-7-6-13-18(23)24-10-25-19(13)27/h2-5,8,10,15,17,20,28-29H,6-7,9H2,1H3,(H2,22,26)(H2,23,24,25)/t15-,17+,20-,21-/m1/s1. The summed E-state index contributed by atoms with van der Waals surface area (Å²) in [7, 11) is 0. The van der Waals surface area contributed by atoms with Crippen LogP contribution in [0.15, 0.2) is 36.7 Å². The van der Waals surface area contributed by atoms with Crippen molar-refractivity contribution in [1.29, 1.82) is 0 Å². The van der Waals surface area contributed by atoms with E-state index in [0.29, 0.717) is 41.7 Å². The molecule has 0 radical (unpaired) electrons. The average molecular weight is 424 g/mol. The third kappa shape index (κ3) is 3.29. The van der Waals surface area contributed by atoms with Crippen LogP contribution in [0.1, 0.15) is 12.5 Å². The van der Waals surface area contributed by atoms with Crippen LogP contribution in [0.5, 0.6) is 5.75 Å². The van der Waals surface area contributed by atoms with E-state index in [1.165, 1.54) is 6.33 Å². The third-order valence-corrected chi connectivity index (χ3v) is 6.05. The molecule has 4 heterocycles. The van der Waals surface area contributed by atoms with Gasteiger partial charge in [0.2, 0.25) is 0 Å². The monoisotopic (exact) mass is 424 g/mol. The number of ether oxygens (including phenoxy) is 2. The summed E-state index contributed by atoms with van der Waals surface area (Å²) in [5.41, 5.74) is 11.7. The maximum absolute atomic E-state index is 11.0. The Hall–Kier alpha value is -3.21. The second-order valence-electron chi connectivity index (χ2n) is 8.09. The minimum Gasteiger partial charge on any atom is -0.491 e. The Morgan fingerprint density at radius 1 is 1.26 bits per heavy atom. The fourth-order valence-electron chi connectivity index (χ4n) is 4.18. The molecule has 0 aliphatic carbocycles. The molecule has 0 saturated carbocycles. The summed E-state index contributed by atoms with van der Waals surface area (Å²) in [5.74, 6) is 2.02. The van der Waals surface area contributed by atoms with Gasteiger partial charge in [-0.15, -0.1) is 0 Å². The molecule has 1 saturated heterocycles. The summed E-state index contributed by atoms with van der Waals surface area (Å²) in [4.78, 5) is 14.4. The van der Waals surface area contributed by atoms with Crippen molar-refractivity contribution >= 4 is 28.4 Å². The van der Waals surface area contributed by atoms with E-state index in [1.807, 2.05) is 23.1 Å². The number of fused-ring (bicyclic) bond motifs is 2. The van der Waals surface area contributed by atoms with Crippen molar-refractivity contribution in [3.05, 3.63) is 42.2 Å². The molecule has 1 aromatic carbocycles. The number of rotatable bonds is 4. The van der Waals surface area contributed by atoms with Crippen LogP contribution in [0, 0.1) is 0 Å². The van der Waals surface area contributed by atoms with Gasteiger partial charge >= 0.3 is 0 Å². The second-order valence-corrected chi connectivity index (χ2v) is 8.09. The topological polar surface area (TPSA) is 153 Å². The van der Waals surface area contributed by atoms with Gasteiger partial charge in [-0.25, -0.2) is 15.0 Å². The van der Waals surface area contributed by atoms with Crippen molar-refractivity contribution in [2.24, 2.45) is 0 Å². The number of hydrogen-bond acceptors (Lipinski definition) is 10. The van der Waals surface area contributed by atoms with Gasteiger partial charge in [-0.1, -0.05) is 0 Å². The molecule has 0 amide bonds. The fraction of sp³-hybridized carbons (Fsp3) is 0.381. The molecule has 2 aliphatic heterocycles. The molecular formula is C21H24N6O4. The fourth-order valence-corrected chi connectivity index (χ4v) is 4.18. The predicted molar refractivity (Wildman–Crippen MR) is 114 cm³/mol. The first-order valence-electron chi connectivity index (χ1n) is 10.1. The SMILES string of the molecule is C[C@@]1(O)[C@@H](COc2ccc3ccc(N)nc3c2)O[C@@H](N2CCc3c(N)ncnc32)[C@@H]1O. The van der Waals surface area contributed by atoms with E-state index in [0.717, 1.165) is 10.9 Å². The van der Waals surface area contributed by atoms with Crippen LogP contribution in [0.2, 0.25) is 0 Å². The zero-order valence-corrected chi connectivity index (χ0v) is 17.0. The Morgan fingerprint density at radius 2 is 2.06 bits per heavy atom. The molecule has 3 aromatic rings. The molecule has 2 aliphatic rings. The number of anilines is 3. The Morgan fingerprint density at radius 3 is 2.90 bits per heavy atom. The van der Waals surface area contributed by atoms with E-state index in [2.05, 4.69) is 15.0 Å². The molecule has 10 heteroatoms. The summed E-state index contributed by atoms with van der Waals surface area (Å²) in [6.45, 7) is 2.14. The highest BCUT2D eigenvalue weighted by atomic mass is 16.6. The minimum atomic E-state index is -1.52. The van der Waals surface area contributed by atoms with Gasteiger partial charge in [-0.05, 0) is 37.6 Å². The number of hydrogen-bond donors (Lipinski definition) is 4. The van der Waals surface area contributed by atoms with E-state index in [-0.39, 0.29) is 6.61 Å². The largest absolute Gasteiger partial charge is 0.491 e.